The van der Waals surface area contributed by atoms with Gasteiger partial charge in [0.15, 0.2) is 5.82 Å². The molecule has 0 saturated carbocycles. The first-order chi connectivity index (χ1) is 8.26. The van der Waals surface area contributed by atoms with Crippen LogP contribution in [0, 0.1) is 5.82 Å². The molecule has 1 N–H and O–H groups in total. The molecule has 0 atom stereocenters. The molecule has 0 fully saturated rings. The van der Waals surface area contributed by atoms with E-state index in [2.05, 4.69) is 25.6 Å². The maximum absolute atomic E-state index is 13.7. The molecule has 0 aliphatic carbocycles. The van der Waals surface area contributed by atoms with Crippen LogP contribution in [0.3, 0.4) is 0 Å². The Morgan fingerprint density at radius 2 is 2.24 bits per heavy atom. The molecule has 2 rings (SSSR count). The van der Waals surface area contributed by atoms with Crippen molar-refractivity contribution in [2.45, 2.75) is 19.9 Å². The summed E-state index contributed by atoms with van der Waals surface area (Å²) in [6, 6.07) is 0. The third-order valence-corrected chi connectivity index (χ3v) is 2.26. The van der Waals surface area contributed by atoms with Gasteiger partial charge < -0.3 is 5.32 Å². The van der Waals surface area contributed by atoms with Gasteiger partial charge in [-0.25, -0.2) is 19.0 Å². The summed E-state index contributed by atoms with van der Waals surface area (Å²) >= 11 is 0. The summed E-state index contributed by atoms with van der Waals surface area (Å²) in [5.74, 6) is -0.116. The molecule has 0 aromatic carbocycles. The Bertz CT molecular complexity index is 509. The first-order valence-electron chi connectivity index (χ1n) is 5.35. The van der Waals surface area contributed by atoms with Crippen molar-refractivity contribution in [1.29, 1.82) is 0 Å². The SMILES string of the molecule is CCCn1nncc1-c1nc(NC)ncc1F. The highest BCUT2D eigenvalue weighted by atomic mass is 19.1. The number of hydrogen-bond donors (Lipinski definition) is 1. The molecule has 17 heavy (non-hydrogen) atoms. The van der Waals surface area contributed by atoms with Crippen LogP contribution >= 0.6 is 0 Å². The van der Waals surface area contributed by atoms with E-state index in [0.717, 1.165) is 12.6 Å². The predicted molar refractivity (Wildman–Crippen MR) is 60.8 cm³/mol. The Morgan fingerprint density at radius 3 is 2.94 bits per heavy atom. The van der Waals surface area contributed by atoms with Crippen LogP contribution < -0.4 is 5.32 Å². The van der Waals surface area contributed by atoms with Gasteiger partial charge in [-0.1, -0.05) is 12.1 Å². The molecule has 2 aromatic heterocycles. The van der Waals surface area contributed by atoms with Crippen molar-refractivity contribution >= 4 is 5.95 Å². The molecule has 0 saturated heterocycles. The molecule has 0 aliphatic rings. The van der Waals surface area contributed by atoms with E-state index in [1.54, 1.807) is 11.7 Å². The van der Waals surface area contributed by atoms with Gasteiger partial charge in [-0.3, -0.25) is 0 Å². The molecular weight excluding hydrogens is 223 g/mol. The van der Waals surface area contributed by atoms with E-state index < -0.39 is 5.82 Å². The zero-order valence-corrected chi connectivity index (χ0v) is 9.68. The molecule has 0 radical (unpaired) electrons. The number of aryl methyl sites for hydroxylation is 1. The highest BCUT2D eigenvalue weighted by molar-refractivity contribution is 5.55. The Balaban J connectivity index is 2.47. The number of nitrogens with zero attached hydrogens (tertiary/aromatic N) is 5. The number of hydrogen-bond acceptors (Lipinski definition) is 5. The van der Waals surface area contributed by atoms with Crippen molar-refractivity contribution in [3.63, 3.8) is 0 Å². The summed E-state index contributed by atoms with van der Waals surface area (Å²) in [5, 5.41) is 10.4. The molecule has 0 bridgehead atoms. The zero-order valence-electron chi connectivity index (χ0n) is 9.68. The molecule has 7 heteroatoms. The van der Waals surface area contributed by atoms with E-state index in [9.17, 15) is 4.39 Å². The summed E-state index contributed by atoms with van der Waals surface area (Å²) < 4.78 is 15.3. The van der Waals surface area contributed by atoms with Crippen LogP contribution in [0.25, 0.3) is 11.4 Å². The quantitative estimate of drug-likeness (QED) is 0.867. The fourth-order valence-electron chi connectivity index (χ4n) is 1.49. The molecule has 0 amide bonds. The van der Waals surface area contributed by atoms with Crippen molar-refractivity contribution < 1.29 is 4.39 Å². The highest BCUT2D eigenvalue weighted by Crippen LogP contribution is 2.20. The minimum atomic E-state index is -0.483. The van der Waals surface area contributed by atoms with Gasteiger partial charge in [0.1, 0.15) is 11.4 Å². The number of anilines is 1. The van der Waals surface area contributed by atoms with E-state index in [4.69, 9.17) is 0 Å². The maximum atomic E-state index is 13.7. The van der Waals surface area contributed by atoms with E-state index in [1.165, 1.54) is 6.20 Å². The smallest absolute Gasteiger partial charge is 0.223 e. The molecule has 6 nitrogen and oxygen atoms in total. The minimum absolute atomic E-state index is 0.211. The standard InChI is InChI=1S/C10H13FN6/c1-3-4-17-8(6-14-16-17)9-7(11)5-13-10(12-2)15-9/h5-6H,3-4H2,1-2H3,(H,12,13,15). The molecular formula is C10H13FN6. The van der Waals surface area contributed by atoms with Gasteiger partial charge in [-0.05, 0) is 6.42 Å². The van der Waals surface area contributed by atoms with Gasteiger partial charge in [0, 0.05) is 13.6 Å². The van der Waals surface area contributed by atoms with E-state index in [1.807, 2.05) is 6.92 Å². The Morgan fingerprint density at radius 1 is 1.41 bits per heavy atom. The molecule has 0 aliphatic heterocycles. The van der Waals surface area contributed by atoms with Gasteiger partial charge in [0.2, 0.25) is 5.95 Å². The third-order valence-electron chi connectivity index (χ3n) is 2.26. The van der Waals surface area contributed by atoms with Crippen molar-refractivity contribution in [2.75, 3.05) is 12.4 Å². The maximum Gasteiger partial charge on any atom is 0.223 e. The lowest BCUT2D eigenvalue weighted by Gasteiger charge is -2.06. The second-order valence-corrected chi connectivity index (χ2v) is 3.48. The lowest BCUT2D eigenvalue weighted by atomic mass is 10.3. The van der Waals surface area contributed by atoms with Gasteiger partial charge in [-0.2, -0.15) is 0 Å². The Kier molecular flexibility index (Phi) is 3.27. The van der Waals surface area contributed by atoms with Crippen LogP contribution in [0.4, 0.5) is 10.3 Å². The Hall–Kier alpha value is -2.05. The highest BCUT2D eigenvalue weighted by Gasteiger charge is 2.14. The second-order valence-electron chi connectivity index (χ2n) is 3.48. The normalized spacial score (nSPS) is 10.5. The summed E-state index contributed by atoms with van der Waals surface area (Å²) in [4.78, 5) is 7.87. The fourth-order valence-corrected chi connectivity index (χ4v) is 1.49. The number of halogens is 1. The van der Waals surface area contributed by atoms with Crippen LogP contribution in [0.15, 0.2) is 12.4 Å². The lowest BCUT2D eigenvalue weighted by molar-refractivity contribution is 0.575. The zero-order chi connectivity index (χ0) is 12.3. The topological polar surface area (TPSA) is 68.5 Å². The van der Waals surface area contributed by atoms with Gasteiger partial charge >= 0.3 is 0 Å². The van der Waals surface area contributed by atoms with E-state index in [0.29, 0.717) is 18.2 Å². The summed E-state index contributed by atoms with van der Waals surface area (Å²) in [5.41, 5.74) is 0.769. The largest absolute Gasteiger partial charge is 0.357 e. The monoisotopic (exact) mass is 236 g/mol. The lowest BCUT2D eigenvalue weighted by Crippen LogP contribution is -2.05. The van der Waals surface area contributed by atoms with E-state index in [-0.39, 0.29) is 5.69 Å². The summed E-state index contributed by atoms with van der Waals surface area (Å²) in [7, 11) is 1.68. The third kappa shape index (κ3) is 2.22. The number of nitrogens with one attached hydrogen (secondary N) is 1. The molecule has 2 heterocycles. The van der Waals surface area contributed by atoms with Crippen LogP contribution in [-0.4, -0.2) is 32.0 Å². The first kappa shape index (κ1) is 11.4. The van der Waals surface area contributed by atoms with Crippen molar-refractivity contribution in [2.24, 2.45) is 0 Å². The molecule has 90 valence electrons. The summed E-state index contributed by atoms with van der Waals surface area (Å²) in [6.45, 7) is 2.69. The predicted octanol–water partition coefficient (Wildman–Crippen LogP) is 1.33. The van der Waals surface area contributed by atoms with Gasteiger partial charge in [-0.15, -0.1) is 5.10 Å². The van der Waals surface area contributed by atoms with E-state index >= 15 is 0 Å². The number of aromatic nitrogens is 5. The van der Waals surface area contributed by atoms with Crippen LogP contribution in [-0.2, 0) is 6.54 Å². The van der Waals surface area contributed by atoms with Crippen LogP contribution in [0.5, 0.6) is 0 Å². The molecule has 0 unspecified atom stereocenters. The second kappa shape index (κ2) is 4.86. The fraction of sp³-hybridized carbons (Fsp3) is 0.400. The minimum Gasteiger partial charge on any atom is -0.357 e. The number of rotatable bonds is 4. The molecule has 0 spiro atoms. The van der Waals surface area contributed by atoms with Crippen molar-refractivity contribution in [3.8, 4) is 11.4 Å². The van der Waals surface area contributed by atoms with Crippen LogP contribution in [0.1, 0.15) is 13.3 Å². The van der Waals surface area contributed by atoms with Crippen molar-refractivity contribution in [3.05, 3.63) is 18.2 Å². The van der Waals surface area contributed by atoms with Crippen molar-refractivity contribution in [1.82, 2.24) is 25.0 Å². The first-order valence-corrected chi connectivity index (χ1v) is 5.35. The van der Waals surface area contributed by atoms with Gasteiger partial charge in [0.05, 0.1) is 12.4 Å². The van der Waals surface area contributed by atoms with Gasteiger partial charge in [0.25, 0.3) is 0 Å². The average molecular weight is 236 g/mol. The van der Waals surface area contributed by atoms with Crippen LogP contribution in [0.2, 0.25) is 0 Å². The average Bonchev–Trinajstić information content (AvgIpc) is 2.78. The molecule has 2 aromatic rings. The Labute approximate surface area is 97.9 Å². The summed E-state index contributed by atoms with van der Waals surface area (Å²) in [6.07, 6.45) is 3.53.